The number of halogens is 2. The number of hydrogen-bond donors (Lipinski definition) is 1. The van der Waals surface area contributed by atoms with Crippen LogP contribution >= 0.6 is 11.6 Å². The quantitative estimate of drug-likeness (QED) is 0.805. The summed E-state index contributed by atoms with van der Waals surface area (Å²) in [5.41, 5.74) is 1.45. The van der Waals surface area contributed by atoms with E-state index in [2.05, 4.69) is 12.2 Å². The van der Waals surface area contributed by atoms with Crippen molar-refractivity contribution in [2.24, 2.45) is 5.41 Å². The van der Waals surface area contributed by atoms with Gasteiger partial charge in [0, 0.05) is 18.1 Å². The van der Waals surface area contributed by atoms with E-state index in [9.17, 15) is 4.39 Å². The first kappa shape index (κ1) is 12.8. The highest BCUT2D eigenvalue weighted by atomic mass is 35.5. The lowest BCUT2D eigenvalue weighted by Crippen LogP contribution is -2.23. The van der Waals surface area contributed by atoms with Crippen LogP contribution in [0, 0.1) is 11.2 Å². The highest BCUT2D eigenvalue weighted by Crippen LogP contribution is 2.48. The first-order chi connectivity index (χ1) is 8.13. The highest BCUT2D eigenvalue weighted by Gasteiger charge is 2.40. The van der Waals surface area contributed by atoms with Gasteiger partial charge in [-0.15, -0.1) is 0 Å². The molecule has 0 spiro atoms. The van der Waals surface area contributed by atoms with Crippen LogP contribution in [0.4, 0.5) is 4.39 Å². The van der Waals surface area contributed by atoms with Crippen LogP contribution < -0.4 is 5.32 Å². The monoisotopic (exact) mass is 255 g/mol. The van der Waals surface area contributed by atoms with Crippen LogP contribution in [0.5, 0.6) is 0 Å². The second kappa shape index (κ2) is 5.36. The number of hydrogen-bond acceptors (Lipinski definition) is 1. The molecular formula is C14H19ClFN. The lowest BCUT2D eigenvalue weighted by atomic mass is 10.0. The predicted molar refractivity (Wildman–Crippen MR) is 69.7 cm³/mol. The van der Waals surface area contributed by atoms with Crippen molar-refractivity contribution < 1.29 is 4.39 Å². The molecule has 0 aromatic heterocycles. The summed E-state index contributed by atoms with van der Waals surface area (Å²) in [5.74, 6) is -0.260. The number of rotatable bonds is 6. The van der Waals surface area contributed by atoms with Crippen molar-refractivity contribution in [3.05, 3.63) is 34.6 Å². The zero-order chi connectivity index (χ0) is 12.3. The second-order valence-corrected chi connectivity index (χ2v) is 5.57. The van der Waals surface area contributed by atoms with Crippen molar-refractivity contribution in [3.63, 3.8) is 0 Å². The molecule has 0 heterocycles. The van der Waals surface area contributed by atoms with E-state index in [4.69, 9.17) is 11.6 Å². The van der Waals surface area contributed by atoms with Crippen LogP contribution in [0.15, 0.2) is 18.2 Å². The van der Waals surface area contributed by atoms with Crippen LogP contribution in [0.3, 0.4) is 0 Å². The molecule has 1 aromatic carbocycles. The first-order valence-electron chi connectivity index (χ1n) is 6.29. The zero-order valence-corrected chi connectivity index (χ0v) is 11.0. The van der Waals surface area contributed by atoms with Crippen LogP contribution in [0.1, 0.15) is 38.2 Å². The fraction of sp³-hybridized carbons (Fsp3) is 0.571. The van der Waals surface area contributed by atoms with Gasteiger partial charge in [0.15, 0.2) is 0 Å². The molecule has 0 aliphatic heterocycles. The number of benzene rings is 1. The van der Waals surface area contributed by atoms with Gasteiger partial charge in [-0.3, -0.25) is 0 Å². The minimum atomic E-state index is -0.260. The summed E-state index contributed by atoms with van der Waals surface area (Å²) in [6, 6.07) is 4.69. The predicted octanol–water partition coefficient (Wildman–Crippen LogP) is 4.15. The Bertz CT molecular complexity index is 368. The van der Waals surface area contributed by atoms with Gasteiger partial charge < -0.3 is 5.32 Å². The summed E-state index contributed by atoms with van der Waals surface area (Å²) in [7, 11) is 0. The van der Waals surface area contributed by atoms with Gasteiger partial charge in [-0.2, -0.15) is 0 Å². The summed E-state index contributed by atoms with van der Waals surface area (Å²) in [5, 5.41) is 3.89. The van der Waals surface area contributed by atoms with Gasteiger partial charge in [0.05, 0.1) is 0 Å². The van der Waals surface area contributed by atoms with Gasteiger partial charge in [0.25, 0.3) is 0 Å². The van der Waals surface area contributed by atoms with Crippen molar-refractivity contribution in [1.29, 1.82) is 0 Å². The third kappa shape index (κ3) is 3.68. The Morgan fingerprint density at radius 3 is 2.71 bits per heavy atom. The highest BCUT2D eigenvalue weighted by molar-refractivity contribution is 6.30. The van der Waals surface area contributed by atoms with Crippen LogP contribution in [0.2, 0.25) is 5.02 Å². The Morgan fingerprint density at radius 1 is 1.35 bits per heavy atom. The largest absolute Gasteiger partial charge is 0.312 e. The lowest BCUT2D eigenvalue weighted by molar-refractivity contribution is 0.420. The summed E-state index contributed by atoms with van der Waals surface area (Å²) in [6.07, 6.45) is 5.20. The van der Waals surface area contributed by atoms with Gasteiger partial charge in [0.2, 0.25) is 0 Å². The second-order valence-electron chi connectivity index (χ2n) is 5.13. The summed E-state index contributed by atoms with van der Waals surface area (Å²) in [6.45, 7) is 3.96. The van der Waals surface area contributed by atoms with E-state index in [1.807, 2.05) is 6.07 Å². The minimum absolute atomic E-state index is 0.260. The Hall–Kier alpha value is -0.600. The van der Waals surface area contributed by atoms with Crippen molar-refractivity contribution in [2.45, 2.75) is 39.2 Å². The zero-order valence-electron chi connectivity index (χ0n) is 10.2. The molecule has 0 bridgehead atoms. The van der Waals surface area contributed by atoms with E-state index >= 15 is 0 Å². The summed E-state index contributed by atoms with van der Waals surface area (Å²) < 4.78 is 13.1. The molecule has 0 unspecified atom stereocenters. The van der Waals surface area contributed by atoms with E-state index in [1.165, 1.54) is 37.8 Å². The van der Waals surface area contributed by atoms with Crippen LogP contribution in [-0.2, 0) is 6.54 Å². The van der Waals surface area contributed by atoms with Crippen molar-refractivity contribution in [2.75, 3.05) is 6.54 Å². The van der Waals surface area contributed by atoms with Crippen LogP contribution in [0.25, 0.3) is 0 Å². The first-order valence-corrected chi connectivity index (χ1v) is 6.67. The normalized spacial score (nSPS) is 17.1. The standard InChI is InChI=1S/C14H19ClFN/c1-2-3-14(4-5-14)10-17-9-11-6-12(15)8-13(16)7-11/h6-8,17H,2-5,9-10H2,1H3. The number of nitrogens with one attached hydrogen (secondary N) is 1. The maximum atomic E-state index is 13.1. The van der Waals surface area contributed by atoms with Gasteiger partial charge in [-0.25, -0.2) is 4.39 Å². The Labute approximate surface area is 107 Å². The Balaban J connectivity index is 1.82. The molecular weight excluding hydrogens is 237 g/mol. The van der Waals surface area contributed by atoms with Gasteiger partial charge in [-0.05, 0) is 48.4 Å². The molecule has 3 heteroatoms. The molecule has 1 aromatic rings. The average molecular weight is 256 g/mol. The third-order valence-electron chi connectivity index (χ3n) is 3.49. The van der Waals surface area contributed by atoms with E-state index < -0.39 is 0 Å². The fourth-order valence-electron chi connectivity index (χ4n) is 2.41. The van der Waals surface area contributed by atoms with Gasteiger partial charge in [-0.1, -0.05) is 24.9 Å². The minimum Gasteiger partial charge on any atom is -0.312 e. The Kier molecular flexibility index (Phi) is 4.05. The molecule has 94 valence electrons. The molecule has 17 heavy (non-hydrogen) atoms. The molecule has 0 amide bonds. The molecule has 1 N–H and O–H groups in total. The Morgan fingerprint density at radius 2 is 2.12 bits per heavy atom. The topological polar surface area (TPSA) is 12.0 Å². The SMILES string of the molecule is CCCC1(CNCc2cc(F)cc(Cl)c2)CC1. The van der Waals surface area contributed by atoms with E-state index in [0.717, 1.165) is 12.1 Å². The third-order valence-corrected chi connectivity index (χ3v) is 3.71. The van der Waals surface area contributed by atoms with E-state index in [0.29, 0.717) is 17.0 Å². The van der Waals surface area contributed by atoms with Crippen molar-refractivity contribution in [3.8, 4) is 0 Å². The van der Waals surface area contributed by atoms with E-state index in [-0.39, 0.29) is 5.82 Å². The van der Waals surface area contributed by atoms with E-state index in [1.54, 1.807) is 0 Å². The van der Waals surface area contributed by atoms with Crippen molar-refractivity contribution in [1.82, 2.24) is 5.32 Å². The van der Waals surface area contributed by atoms with Crippen molar-refractivity contribution >= 4 is 11.6 Å². The fourth-order valence-corrected chi connectivity index (χ4v) is 2.65. The molecule has 0 atom stereocenters. The summed E-state index contributed by atoms with van der Waals surface area (Å²) >= 11 is 5.81. The molecule has 1 aliphatic rings. The molecule has 2 rings (SSSR count). The molecule has 0 radical (unpaired) electrons. The molecule has 1 fully saturated rings. The van der Waals surface area contributed by atoms with Gasteiger partial charge in [0.1, 0.15) is 5.82 Å². The average Bonchev–Trinajstić information content (AvgIpc) is 2.97. The van der Waals surface area contributed by atoms with Crippen LogP contribution in [-0.4, -0.2) is 6.54 Å². The van der Waals surface area contributed by atoms with Gasteiger partial charge >= 0.3 is 0 Å². The molecule has 1 aliphatic carbocycles. The molecule has 0 saturated heterocycles. The maximum absolute atomic E-state index is 13.1. The smallest absolute Gasteiger partial charge is 0.125 e. The molecule has 1 saturated carbocycles. The maximum Gasteiger partial charge on any atom is 0.125 e. The summed E-state index contributed by atoms with van der Waals surface area (Å²) in [4.78, 5) is 0. The lowest BCUT2D eigenvalue weighted by Gasteiger charge is -2.15. The molecule has 1 nitrogen and oxygen atoms in total.